The summed E-state index contributed by atoms with van der Waals surface area (Å²) in [5, 5.41) is 9.20. The smallest absolute Gasteiger partial charge is 0.0631 e. The van der Waals surface area contributed by atoms with E-state index in [9.17, 15) is 5.26 Å². The van der Waals surface area contributed by atoms with Crippen molar-refractivity contribution in [2.24, 2.45) is 0 Å². The minimum Gasteiger partial charge on any atom is -0.198 e. The Hall–Kier alpha value is -1.85. The molecule has 0 heterocycles. The molecule has 0 fully saturated rings. The van der Waals surface area contributed by atoms with E-state index in [0.29, 0.717) is 6.42 Å². The van der Waals surface area contributed by atoms with Gasteiger partial charge in [-0.25, -0.2) is 0 Å². The highest BCUT2D eigenvalue weighted by Crippen LogP contribution is 2.39. The number of nitriles is 1. The van der Waals surface area contributed by atoms with Crippen molar-refractivity contribution in [3.05, 3.63) is 68.7 Å². The van der Waals surface area contributed by atoms with Crippen LogP contribution in [0.5, 0.6) is 0 Å². The van der Waals surface area contributed by atoms with Gasteiger partial charge in [-0.2, -0.15) is 5.26 Å². The van der Waals surface area contributed by atoms with Crippen molar-refractivity contribution in [3.8, 4) is 6.07 Å². The second-order valence-electron chi connectivity index (χ2n) is 5.12. The number of hydrogen-bond acceptors (Lipinski definition) is 1. The van der Waals surface area contributed by atoms with Crippen LogP contribution in [-0.4, -0.2) is 0 Å². The zero-order chi connectivity index (χ0) is 14.1. The maximum Gasteiger partial charge on any atom is 0.0631 e. The van der Waals surface area contributed by atoms with Crippen LogP contribution in [0.25, 0.3) is 12.2 Å². The van der Waals surface area contributed by atoms with Crippen molar-refractivity contribution in [3.63, 3.8) is 0 Å². The summed E-state index contributed by atoms with van der Waals surface area (Å²) in [6.07, 6.45) is 4.81. The predicted molar refractivity (Wildman–Crippen MR) is 86.3 cm³/mol. The third-order valence-electron chi connectivity index (χ3n) is 3.80. The first-order valence-corrected chi connectivity index (χ1v) is 7.44. The van der Waals surface area contributed by atoms with Crippen LogP contribution in [0.2, 0.25) is 0 Å². The van der Waals surface area contributed by atoms with E-state index in [2.05, 4.69) is 65.3 Å². The lowest BCUT2D eigenvalue weighted by atomic mass is 9.85. The molecule has 0 aliphatic heterocycles. The summed E-state index contributed by atoms with van der Waals surface area (Å²) in [5.41, 5.74) is 6.11. The predicted octanol–water partition coefficient (Wildman–Crippen LogP) is 5.29. The SMILES string of the molecule is Cc1ccc2c(c1)C=Cc1c(Br)cccc1C2CC#N. The fourth-order valence-corrected chi connectivity index (χ4v) is 3.35. The lowest BCUT2D eigenvalue weighted by molar-refractivity contribution is 0.834. The molecule has 1 aliphatic carbocycles. The molecule has 2 heteroatoms. The van der Waals surface area contributed by atoms with E-state index in [-0.39, 0.29) is 5.92 Å². The van der Waals surface area contributed by atoms with Crippen LogP contribution in [-0.2, 0) is 0 Å². The van der Waals surface area contributed by atoms with Crippen molar-refractivity contribution in [2.75, 3.05) is 0 Å². The van der Waals surface area contributed by atoms with Gasteiger partial charge >= 0.3 is 0 Å². The molecule has 1 atom stereocenters. The van der Waals surface area contributed by atoms with Crippen molar-refractivity contribution >= 4 is 28.1 Å². The van der Waals surface area contributed by atoms with Crippen molar-refractivity contribution in [1.29, 1.82) is 5.26 Å². The van der Waals surface area contributed by atoms with Gasteiger partial charge < -0.3 is 0 Å². The Bertz CT molecular complexity index is 738. The molecule has 0 aromatic heterocycles. The number of halogens is 1. The van der Waals surface area contributed by atoms with E-state index in [1.54, 1.807) is 0 Å². The average Bonchev–Trinajstić information content (AvgIpc) is 2.58. The van der Waals surface area contributed by atoms with Crippen molar-refractivity contribution in [1.82, 2.24) is 0 Å². The van der Waals surface area contributed by atoms with Crippen LogP contribution in [0.15, 0.2) is 40.9 Å². The Morgan fingerprint density at radius 1 is 1.15 bits per heavy atom. The first-order chi connectivity index (χ1) is 9.70. The van der Waals surface area contributed by atoms with Gasteiger partial charge in [0.05, 0.1) is 6.07 Å². The molecule has 1 unspecified atom stereocenters. The molecule has 0 amide bonds. The lowest BCUT2D eigenvalue weighted by Gasteiger charge is -2.18. The third-order valence-corrected chi connectivity index (χ3v) is 4.50. The lowest BCUT2D eigenvalue weighted by Crippen LogP contribution is -2.03. The molecule has 0 saturated heterocycles. The van der Waals surface area contributed by atoms with Crippen molar-refractivity contribution < 1.29 is 0 Å². The first kappa shape index (κ1) is 13.1. The third kappa shape index (κ3) is 2.19. The monoisotopic (exact) mass is 323 g/mol. The van der Waals surface area contributed by atoms with Gasteiger partial charge in [-0.1, -0.05) is 64.0 Å². The zero-order valence-electron chi connectivity index (χ0n) is 11.2. The van der Waals surface area contributed by atoms with Crippen LogP contribution < -0.4 is 0 Å². The topological polar surface area (TPSA) is 23.8 Å². The van der Waals surface area contributed by atoms with E-state index >= 15 is 0 Å². The molecule has 0 saturated carbocycles. The first-order valence-electron chi connectivity index (χ1n) is 6.64. The number of fused-ring (bicyclic) bond motifs is 2. The molecule has 20 heavy (non-hydrogen) atoms. The second kappa shape index (κ2) is 5.26. The fraction of sp³-hybridized carbons (Fsp3) is 0.167. The molecule has 2 aromatic rings. The van der Waals surface area contributed by atoms with Crippen molar-refractivity contribution in [2.45, 2.75) is 19.3 Å². The summed E-state index contributed by atoms with van der Waals surface area (Å²) in [7, 11) is 0. The normalized spacial score (nSPS) is 15.9. The van der Waals surface area contributed by atoms with Crippen LogP contribution in [0.3, 0.4) is 0 Å². The number of benzene rings is 2. The van der Waals surface area contributed by atoms with E-state index in [1.807, 2.05) is 12.1 Å². The molecule has 1 nitrogen and oxygen atoms in total. The standard InChI is InChI=1S/C18H14BrN/c1-12-5-7-14-13(11-12)6-8-17-15(16(14)9-10-20)3-2-4-18(17)19/h2-8,11,16H,9H2,1H3. The second-order valence-corrected chi connectivity index (χ2v) is 5.98. The Morgan fingerprint density at radius 3 is 2.80 bits per heavy atom. The number of hydrogen-bond donors (Lipinski definition) is 0. The van der Waals surface area contributed by atoms with Crippen LogP contribution in [0, 0.1) is 18.3 Å². The molecule has 98 valence electrons. The van der Waals surface area contributed by atoms with Gasteiger partial charge in [0.1, 0.15) is 0 Å². The Labute approximate surface area is 127 Å². The minimum absolute atomic E-state index is 0.137. The highest BCUT2D eigenvalue weighted by atomic mass is 79.9. The van der Waals surface area contributed by atoms with Crippen LogP contribution >= 0.6 is 15.9 Å². The summed E-state index contributed by atoms with van der Waals surface area (Å²) in [6, 6.07) is 15.0. The van der Waals surface area contributed by atoms with E-state index in [0.717, 1.165) is 4.47 Å². The maximum atomic E-state index is 9.20. The summed E-state index contributed by atoms with van der Waals surface area (Å²) in [6.45, 7) is 2.10. The van der Waals surface area contributed by atoms with Crippen LogP contribution in [0.4, 0.5) is 0 Å². The minimum atomic E-state index is 0.137. The largest absolute Gasteiger partial charge is 0.198 e. The molecule has 0 bridgehead atoms. The number of aryl methyl sites for hydroxylation is 1. The fourth-order valence-electron chi connectivity index (χ4n) is 2.84. The molecule has 1 aliphatic rings. The summed E-state index contributed by atoms with van der Waals surface area (Å²) >= 11 is 3.62. The zero-order valence-corrected chi connectivity index (χ0v) is 12.8. The molecular weight excluding hydrogens is 310 g/mol. The number of rotatable bonds is 1. The summed E-state index contributed by atoms with van der Waals surface area (Å²) in [5.74, 6) is 0.137. The molecule has 3 rings (SSSR count). The van der Waals surface area contributed by atoms with Gasteiger partial charge in [-0.3, -0.25) is 0 Å². The average molecular weight is 324 g/mol. The van der Waals surface area contributed by atoms with E-state index in [1.165, 1.54) is 27.8 Å². The summed E-state index contributed by atoms with van der Waals surface area (Å²) < 4.78 is 1.08. The number of nitrogens with zero attached hydrogens (tertiary/aromatic N) is 1. The van der Waals surface area contributed by atoms with Gasteiger partial charge in [-0.15, -0.1) is 0 Å². The van der Waals surface area contributed by atoms with Gasteiger partial charge in [-0.05, 0) is 35.2 Å². The Kier molecular flexibility index (Phi) is 3.46. The molecule has 0 spiro atoms. The van der Waals surface area contributed by atoms with E-state index in [4.69, 9.17) is 0 Å². The highest BCUT2D eigenvalue weighted by Gasteiger charge is 2.22. The van der Waals surface area contributed by atoms with Crippen LogP contribution in [0.1, 0.15) is 40.2 Å². The van der Waals surface area contributed by atoms with Gasteiger partial charge in [0, 0.05) is 16.8 Å². The summed E-state index contributed by atoms with van der Waals surface area (Å²) in [4.78, 5) is 0. The maximum absolute atomic E-state index is 9.20. The quantitative estimate of drug-likeness (QED) is 0.699. The highest BCUT2D eigenvalue weighted by molar-refractivity contribution is 9.10. The Morgan fingerprint density at radius 2 is 2.00 bits per heavy atom. The van der Waals surface area contributed by atoms with E-state index < -0.39 is 0 Å². The van der Waals surface area contributed by atoms with Gasteiger partial charge in [0.15, 0.2) is 0 Å². The van der Waals surface area contributed by atoms with Gasteiger partial charge in [0.25, 0.3) is 0 Å². The molecule has 0 N–H and O–H groups in total. The van der Waals surface area contributed by atoms with Gasteiger partial charge in [0.2, 0.25) is 0 Å². The molecule has 2 aromatic carbocycles. The Balaban J connectivity index is 2.27. The molecule has 0 radical (unpaired) electrons. The molecular formula is C18H14BrN.